The van der Waals surface area contributed by atoms with Crippen molar-refractivity contribution in [2.75, 3.05) is 11.9 Å². The van der Waals surface area contributed by atoms with Gasteiger partial charge in [-0.15, -0.1) is 11.3 Å². The number of benzene rings is 1. The first kappa shape index (κ1) is 16.6. The Morgan fingerprint density at radius 2 is 2.13 bits per heavy atom. The summed E-state index contributed by atoms with van der Waals surface area (Å²) in [5.41, 5.74) is 0.399. The third kappa shape index (κ3) is 4.85. The van der Waals surface area contributed by atoms with E-state index in [-0.39, 0.29) is 17.8 Å². The summed E-state index contributed by atoms with van der Waals surface area (Å²) in [5.74, 6) is -1.24. The molecule has 23 heavy (non-hydrogen) atoms. The highest BCUT2D eigenvalue weighted by Crippen LogP contribution is 2.22. The van der Waals surface area contributed by atoms with Crippen LogP contribution in [0.4, 0.5) is 11.4 Å². The standard InChI is InChI=1S/C14H13N3O5S/c1-9-15-10(8-23-9)6-14(19)22-7-13(18)16-11-4-2-3-5-12(11)17(20)21/h2-5,8H,6-7H2,1H3,(H,16,18). The Hall–Kier alpha value is -2.81. The molecule has 0 saturated carbocycles. The Kier molecular flexibility index (Phi) is 5.36. The first-order chi connectivity index (χ1) is 11.0. The van der Waals surface area contributed by atoms with Gasteiger partial charge < -0.3 is 10.1 Å². The number of esters is 1. The largest absolute Gasteiger partial charge is 0.455 e. The third-order valence-corrected chi connectivity index (χ3v) is 3.55. The molecule has 0 aliphatic heterocycles. The number of carbonyl (C=O) groups excluding carboxylic acids is 2. The molecular weight excluding hydrogens is 322 g/mol. The van der Waals surface area contributed by atoms with E-state index in [4.69, 9.17) is 4.74 Å². The zero-order valence-electron chi connectivity index (χ0n) is 12.1. The molecule has 0 atom stereocenters. The summed E-state index contributed by atoms with van der Waals surface area (Å²) in [6, 6.07) is 5.71. The number of nitrogens with one attached hydrogen (secondary N) is 1. The lowest BCUT2D eigenvalue weighted by atomic mass is 10.2. The monoisotopic (exact) mass is 335 g/mol. The van der Waals surface area contributed by atoms with Crippen molar-refractivity contribution in [3.63, 3.8) is 0 Å². The second-order valence-corrected chi connectivity index (χ2v) is 5.58. The van der Waals surface area contributed by atoms with E-state index in [0.29, 0.717) is 5.69 Å². The number of amides is 1. The molecule has 1 aromatic heterocycles. The highest BCUT2D eigenvalue weighted by atomic mass is 32.1. The molecule has 2 rings (SSSR count). The number of aromatic nitrogens is 1. The van der Waals surface area contributed by atoms with Crippen LogP contribution in [0.2, 0.25) is 0 Å². The smallest absolute Gasteiger partial charge is 0.312 e. The Balaban J connectivity index is 1.85. The molecule has 0 radical (unpaired) electrons. The Morgan fingerprint density at radius 1 is 1.39 bits per heavy atom. The van der Waals surface area contributed by atoms with Gasteiger partial charge in [0.2, 0.25) is 0 Å². The van der Waals surface area contributed by atoms with Gasteiger partial charge in [0, 0.05) is 11.4 Å². The second kappa shape index (κ2) is 7.45. The third-order valence-electron chi connectivity index (χ3n) is 2.73. The van der Waals surface area contributed by atoms with E-state index < -0.39 is 23.4 Å². The van der Waals surface area contributed by atoms with Gasteiger partial charge in [-0.05, 0) is 13.0 Å². The maximum atomic E-state index is 11.7. The van der Waals surface area contributed by atoms with Crippen LogP contribution in [0, 0.1) is 17.0 Å². The highest BCUT2D eigenvalue weighted by molar-refractivity contribution is 7.09. The number of para-hydroxylation sites is 2. The molecule has 0 fully saturated rings. The molecule has 1 aromatic carbocycles. The van der Waals surface area contributed by atoms with E-state index in [0.717, 1.165) is 5.01 Å². The number of thiazole rings is 1. The second-order valence-electron chi connectivity index (χ2n) is 4.52. The SMILES string of the molecule is Cc1nc(CC(=O)OCC(=O)Nc2ccccc2[N+](=O)[O-])cs1. The topological polar surface area (TPSA) is 111 Å². The van der Waals surface area contributed by atoms with Gasteiger partial charge in [0.1, 0.15) is 5.69 Å². The number of ether oxygens (including phenoxy) is 1. The minimum absolute atomic E-state index is 0.0247. The first-order valence-corrected chi connectivity index (χ1v) is 7.43. The number of nitro groups is 1. The molecule has 0 saturated heterocycles. The van der Waals surface area contributed by atoms with Crippen LogP contribution in [0.25, 0.3) is 0 Å². The van der Waals surface area contributed by atoms with E-state index in [1.165, 1.54) is 29.5 Å². The maximum absolute atomic E-state index is 11.7. The van der Waals surface area contributed by atoms with Crippen LogP contribution in [-0.4, -0.2) is 28.4 Å². The van der Waals surface area contributed by atoms with Crippen LogP contribution in [0.15, 0.2) is 29.6 Å². The zero-order valence-corrected chi connectivity index (χ0v) is 13.0. The highest BCUT2D eigenvalue weighted by Gasteiger charge is 2.16. The lowest BCUT2D eigenvalue weighted by Crippen LogP contribution is -2.22. The van der Waals surface area contributed by atoms with Gasteiger partial charge in [-0.2, -0.15) is 0 Å². The van der Waals surface area contributed by atoms with Gasteiger partial charge in [0.25, 0.3) is 11.6 Å². The number of nitrogens with zero attached hydrogens (tertiary/aromatic N) is 2. The van der Waals surface area contributed by atoms with E-state index in [1.54, 1.807) is 11.4 Å². The number of anilines is 1. The molecule has 9 heteroatoms. The van der Waals surface area contributed by atoms with Crippen LogP contribution in [0.5, 0.6) is 0 Å². The molecule has 0 unspecified atom stereocenters. The number of hydrogen-bond acceptors (Lipinski definition) is 7. The van der Waals surface area contributed by atoms with Crippen LogP contribution in [0.3, 0.4) is 0 Å². The predicted octanol–water partition coefficient (Wildman–Crippen LogP) is 2.08. The van der Waals surface area contributed by atoms with Crippen LogP contribution in [-0.2, 0) is 20.7 Å². The van der Waals surface area contributed by atoms with Crippen molar-refractivity contribution in [2.45, 2.75) is 13.3 Å². The zero-order chi connectivity index (χ0) is 16.8. The molecule has 1 heterocycles. The average Bonchev–Trinajstić information content (AvgIpc) is 2.90. The van der Waals surface area contributed by atoms with Crippen molar-refractivity contribution in [3.05, 3.63) is 50.5 Å². The van der Waals surface area contributed by atoms with Crippen LogP contribution >= 0.6 is 11.3 Å². The number of aryl methyl sites for hydroxylation is 1. The lowest BCUT2D eigenvalue weighted by Gasteiger charge is -2.06. The van der Waals surface area contributed by atoms with Crippen molar-refractivity contribution in [1.82, 2.24) is 4.98 Å². The Labute approximate surface area is 135 Å². The molecule has 0 aliphatic carbocycles. The summed E-state index contributed by atoms with van der Waals surface area (Å²) in [6.45, 7) is 1.30. The van der Waals surface area contributed by atoms with Crippen molar-refractivity contribution in [3.8, 4) is 0 Å². The number of rotatable bonds is 6. The predicted molar refractivity (Wildman–Crippen MR) is 83.2 cm³/mol. The molecule has 0 bridgehead atoms. The Morgan fingerprint density at radius 3 is 2.78 bits per heavy atom. The van der Waals surface area contributed by atoms with Crippen molar-refractivity contribution < 1.29 is 19.2 Å². The van der Waals surface area contributed by atoms with Crippen molar-refractivity contribution >= 4 is 34.6 Å². The van der Waals surface area contributed by atoms with Gasteiger partial charge in [0.05, 0.1) is 22.0 Å². The van der Waals surface area contributed by atoms with E-state index in [2.05, 4.69) is 10.3 Å². The van der Waals surface area contributed by atoms with E-state index in [1.807, 2.05) is 6.92 Å². The van der Waals surface area contributed by atoms with E-state index in [9.17, 15) is 19.7 Å². The van der Waals surface area contributed by atoms with Gasteiger partial charge in [-0.3, -0.25) is 19.7 Å². The summed E-state index contributed by atoms with van der Waals surface area (Å²) >= 11 is 1.41. The minimum Gasteiger partial charge on any atom is -0.455 e. The molecular formula is C14H13N3O5S. The lowest BCUT2D eigenvalue weighted by molar-refractivity contribution is -0.383. The minimum atomic E-state index is -0.651. The molecule has 1 amide bonds. The molecule has 0 aliphatic rings. The summed E-state index contributed by atoms with van der Waals surface area (Å²) < 4.78 is 4.83. The number of hydrogen-bond donors (Lipinski definition) is 1. The summed E-state index contributed by atoms with van der Waals surface area (Å²) in [7, 11) is 0. The average molecular weight is 335 g/mol. The van der Waals surface area contributed by atoms with Crippen molar-refractivity contribution in [2.24, 2.45) is 0 Å². The van der Waals surface area contributed by atoms with Gasteiger partial charge in [0.15, 0.2) is 6.61 Å². The van der Waals surface area contributed by atoms with Gasteiger partial charge in [-0.25, -0.2) is 4.98 Å². The fourth-order valence-electron chi connectivity index (χ4n) is 1.76. The molecule has 120 valence electrons. The summed E-state index contributed by atoms with van der Waals surface area (Å²) in [6.07, 6.45) is -0.0247. The maximum Gasteiger partial charge on any atom is 0.312 e. The quantitative estimate of drug-likeness (QED) is 0.491. The van der Waals surface area contributed by atoms with E-state index >= 15 is 0 Å². The fraction of sp³-hybridized carbons (Fsp3) is 0.214. The van der Waals surface area contributed by atoms with Gasteiger partial charge >= 0.3 is 5.97 Å². The summed E-state index contributed by atoms with van der Waals surface area (Å²) in [4.78, 5) is 37.7. The van der Waals surface area contributed by atoms with Gasteiger partial charge in [-0.1, -0.05) is 12.1 Å². The molecule has 8 nitrogen and oxygen atoms in total. The van der Waals surface area contributed by atoms with Crippen molar-refractivity contribution in [1.29, 1.82) is 0 Å². The molecule has 2 aromatic rings. The molecule has 0 spiro atoms. The molecule has 1 N–H and O–H groups in total. The first-order valence-electron chi connectivity index (χ1n) is 6.55. The normalized spacial score (nSPS) is 10.1. The number of nitro benzene ring substituents is 1. The summed E-state index contributed by atoms with van der Waals surface area (Å²) in [5, 5.41) is 15.8. The van der Waals surface area contributed by atoms with Crippen LogP contribution in [0.1, 0.15) is 10.7 Å². The number of carbonyl (C=O) groups is 2. The Bertz CT molecular complexity index is 744. The van der Waals surface area contributed by atoms with Crippen LogP contribution < -0.4 is 5.32 Å². The fourth-order valence-corrected chi connectivity index (χ4v) is 2.37.